The zero-order valence-corrected chi connectivity index (χ0v) is 17.7. The van der Waals surface area contributed by atoms with Crippen molar-refractivity contribution in [2.45, 2.75) is 37.4 Å². The van der Waals surface area contributed by atoms with Gasteiger partial charge < -0.3 is 0 Å². The molecule has 1 aromatic carbocycles. The van der Waals surface area contributed by atoms with E-state index in [2.05, 4.69) is 77.0 Å². The molecule has 3 aliphatic rings. The third-order valence-electron chi connectivity index (χ3n) is 5.68. The Morgan fingerprint density at radius 3 is 2.96 bits per heavy atom. The Bertz CT molecular complexity index is 781. The summed E-state index contributed by atoms with van der Waals surface area (Å²) >= 11 is 5.90. The van der Waals surface area contributed by atoms with Crippen LogP contribution in [0, 0.1) is 20.8 Å². The summed E-state index contributed by atoms with van der Waals surface area (Å²) in [6, 6.07) is 8.45. The number of rotatable bonds is 5. The van der Waals surface area contributed by atoms with Crippen LogP contribution in [0.25, 0.3) is 10.6 Å². The average molecular weight is 468 g/mol. The molecule has 0 amide bonds. The highest BCUT2D eigenvalue weighted by atomic mass is 127. The molecule has 1 heterocycles. The summed E-state index contributed by atoms with van der Waals surface area (Å²) in [5, 5.41) is 9.76. The molecular weight excluding hydrogens is 447 g/mol. The lowest BCUT2D eigenvalue weighted by molar-refractivity contribution is -0.00767. The van der Waals surface area contributed by atoms with Gasteiger partial charge in [0.1, 0.15) is 5.01 Å². The van der Waals surface area contributed by atoms with Crippen molar-refractivity contribution in [1.82, 2.24) is 10.2 Å². The Balaban J connectivity index is 1.35. The number of aromatic nitrogens is 2. The Morgan fingerprint density at radius 1 is 1.33 bits per heavy atom. The van der Waals surface area contributed by atoms with Gasteiger partial charge in [-0.3, -0.25) is 0 Å². The van der Waals surface area contributed by atoms with Crippen molar-refractivity contribution in [3.63, 3.8) is 0 Å². The van der Waals surface area contributed by atoms with Gasteiger partial charge in [-0.25, -0.2) is 0 Å². The first kappa shape index (κ1) is 17.0. The summed E-state index contributed by atoms with van der Waals surface area (Å²) in [5.41, 5.74) is 3.40. The molecule has 3 aliphatic carbocycles. The summed E-state index contributed by atoms with van der Waals surface area (Å²) in [6.07, 6.45) is 6.42. The maximum atomic E-state index is 4.37. The number of benzene rings is 1. The first-order valence-corrected chi connectivity index (χ1v) is 11.3. The van der Waals surface area contributed by atoms with Crippen molar-refractivity contribution in [1.29, 1.82) is 0 Å². The van der Waals surface area contributed by atoms with Crippen LogP contribution in [0.1, 0.15) is 33.1 Å². The molecule has 0 N–H and O–H groups in total. The van der Waals surface area contributed by atoms with Gasteiger partial charge in [0.15, 0.2) is 4.34 Å². The lowest BCUT2D eigenvalue weighted by atomic mass is 9.48. The van der Waals surface area contributed by atoms with Crippen molar-refractivity contribution in [2.24, 2.45) is 17.3 Å². The molecule has 2 nitrogen and oxygen atoms in total. The molecule has 1 fully saturated rings. The van der Waals surface area contributed by atoms with Crippen molar-refractivity contribution < 1.29 is 0 Å². The molecule has 24 heavy (non-hydrogen) atoms. The van der Waals surface area contributed by atoms with Crippen LogP contribution in [0.15, 0.2) is 40.3 Å². The van der Waals surface area contributed by atoms with Gasteiger partial charge in [-0.2, -0.15) is 0 Å². The van der Waals surface area contributed by atoms with Crippen molar-refractivity contribution in [3.05, 3.63) is 39.5 Å². The topological polar surface area (TPSA) is 25.8 Å². The molecule has 5 heteroatoms. The van der Waals surface area contributed by atoms with E-state index < -0.39 is 0 Å². The van der Waals surface area contributed by atoms with E-state index in [1.165, 1.54) is 28.4 Å². The van der Waals surface area contributed by atoms with Crippen LogP contribution < -0.4 is 0 Å². The van der Waals surface area contributed by atoms with Crippen LogP contribution in [0.5, 0.6) is 0 Å². The third-order valence-corrected chi connectivity index (χ3v) is 8.46. The first-order valence-electron chi connectivity index (χ1n) is 8.45. The van der Waals surface area contributed by atoms with Gasteiger partial charge in [0.25, 0.3) is 0 Å². The molecule has 0 spiro atoms. The molecular formula is C19H21IN2S2. The van der Waals surface area contributed by atoms with Crippen LogP contribution in [-0.4, -0.2) is 16.0 Å². The monoisotopic (exact) mass is 468 g/mol. The predicted octanol–water partition coefficient (Wildman–Crippen LogP) is 6.28. The number of hydrogen-bond acceptors (Lipinski definition) is 4. The highest BCUT2D eigenvalue weighted by Gasteiger charge is 2.50. The Kier molecular flexibility index (Phi) is 4.77. The van der Waals surface area contributed by atoms with Crippen molar-refractivity contribution in [3.8, 4) is 10.6 Å². The molecule has 0 radical (unpaired) electrons. The Morgan fingerprint density at radius 2 is 2.21 bits per heavy atom. The quantitative estimate of drug-likeness (QED) is 0.293. The number of hydrogen-bond donors (Lipinski definition) is 0. The first-order chi connectivity index (χ1) is 11.5. The van der Waals surface area contributed by atoms with E-state index in [0.717, 1.165) is 26.9 Å². The minimum atomic E-state index is 0.537. The van der Waals surface area contributed by atoms with E-state index in [4.69, 9.17) is 0 Å². The zero-order chi connectivity index (χ0) is 16.7. The second-order valence-corrected chi connectivity index (χ2v) is 10.9. The van der Waals surface area contributed by atoms with E-state index in [1.807, 2.05) is 11.8 Å². The number of allylic oxidation sites excluding steroid dienone is 2. The number of halogens is 1. The third kappa shape index (κ3) is 3.19. The van der Waals surface area contributed by atoms with Crippen molar-refractivity contribution in [2.75, 3.05) is 5.75 Å². The fourth-order valence-electron chi connectivity index (χ4n) is 4.02. The highest BCUT2D eigenvalue weighted by Crippen LogP contribution is 2.59. The van der Waals surface area contributed by atoms with Crippen LogP contribution >= 0.6 is 45.7 Å². The predicted molar refractivity (Wildman–Crippen MR) is 111 cm³/mol. The lowest BCUT2D eigenvalue weighted by Gasteiger charge is -2.56. The zero-order valence-electron chi connectivity index (χ0n) is 14.0. The normalized spacial score (nSPS) is 24.4. The van der Waals surface area contributed by atoms with E-state index in [-0.39, 0.29) is 0 Å². The van der Waals surface area contributed by atoms with Crippen LogP contribution in [0.3, 0.4) is 0 Å². The van der Waals surface area contributed by atoms with Crippen LogP contribution in [0.4, 0.5) is 0 Å². The fraction of sp³-hybridized carbons (Fsp3) is 0.474. The van der Waals surface area contributed by atoms with Crippen molar-refractivity contribution >= 4 is 45.7 Å². The fourth-order valence-corrected chi connectivity index (χ4v) is 6.47. The van der Waals surface area contributed by atoms with Crippen LogP contribution in [0.2, 0.25) is 0 Å². The molecule has 2 unspecified atom stereocenters. The van der Waals surface area contributed by atoms with Gasteiger partial charge in [0, 0.05) is 14.9 Å². The lowest BCUT2D eigenvalue weighted by Crippen LogP contribution is -2.48. The second-order valence-electron chi connectivity index (χ2n) is 7.30. The number of nitrogens with zero attached hydrogens (tertiary/aromatic N) is 2. The van der Waals surface area contributed by atoms with Gasteiger partial charge in [-0.15, -0.1) is 10.2 Å². The summed E-state index contributed by atoms with van der Waals surface area (Å²) in [7, 11) is 0. The maximum absolute atomic E-state index is 4.37. The van der Waals surface area contributed by atoms with Gasteiger partial charge in [-0.1, -0.05) is 60.7 Å². The molecule has 2 atom stereocenters. The van der Waals surface area contributed by atoms with Gasteiger partial charge in [0.2, 0.25) is 0 Å². The van der Waals surface area contributed by atoms with E-state index >= 15 is 0 Å². The second kappa shape index (κ2) is 6.72. The highest BCUT2D eigenvalue weighted by molar-refractivity contribution is 14.1. The largest absolute Gasteiger partial charge is 0.174 e. The average Bonchev–Trinajstić information content (AvgIpc) is 3.04. The molecule has 2 bridgehead atoms. The molecule has 1 aromatic heterocycles. The standard InChI is InChI=1S/C19H21IN2S2/c1-19(2)14-7-6-12(16(19)11-14)8-9-23-18-22-21-17(24-18)13-4-3-5-15(20)10-13/h3-6,10,14,16H,7-9,11H2,1-2H3. The van der Waals surface area contributed by atoms with Gasteiger partial charge >= 0.3 is 0 Å². The smallest absolute Gasteiger partial charge is 0.137 e. The summed E-state index contributed by atoms with van der Waals surface area (Å²) in [4.78, 5) is 0. The summed E-state index contributed by atoms with van der Waals surface area (Å²) in [6.45, 7) is 4.90. The summed E-state index contributed by atoms with van der Waals surface area (Å²) in [5.74, 6) is 2.87. The summed E-state index contributed by atoms with van der Waals surface area (Å²) < 4.78 is 2.33. The minimum absolute atomic E-state index is 0.537. The number of fused-ring (bicyclic) bond motifs is 1. The van der Waals surface area contributed by atoms with Gasteiger partial charge in [0.05, 0.1) is 0 Å². The maximum Gasteiger partial charge on any atom is 0.174 e. The minimum Gasteiger partial charge on any atom is -0.137 e. The molecule has 2 aromatic rings. The van der Waals surface area contributed by atoms with Crippen LogP contribution in [-0.2, 0) is 0 Å². The Hall–Kier alpha value is -0.400. The number of thioether (sulfide) groups is 1. The molecule has 5 rings (SSSR count). The molecule has 0 saturated heterocycles. The molecule has 126 valence electrons. The van der Waals surface area contributed by atoms with E-state index in [0.29, 0.717) is 5.41 Å². The van der Waals surface area contributed by atoms with E-state index in [1.54, 1.807) is 16.9 Å². The molecule has 0 aliphatic heterocycles. The van der Waals surface area contributed by atoms with E-state index in [9.17, 15) is 0 Å². The van der Waals surface area contributed by atoms with Gasteiger partial charge in [-0.05, 0) is 71.2 Å². The Labute approximate surface area is 165 Å². The molecule has 1 saturated carbocycles. The SMILES string of the molecule is CC1(C)C2CC=C(CCSc3nnc(-c4cccc(I)c4)s3)C1C2.